The first-order chi connectivity index (χ1) is 10.3. The van der Waals surface area contributed by atoms with Crippen molar-refractivity contribution in [3.8, 4) is 17.8 Å². The summed E-state index contributed by atoms with van der Waals surface area (Å²) in [7, 11) is 3.07. The van der Waals surface area contributed by atoms with Crippen LogP contribution in [0.3, 0.4) is 0 Å². The van der Waals surface area contributed by atoms with E-state index in [1.54, 1.807) is 6.07 Å². The van der Waals surface area contributed by atoms with Gasteiger partial charge in [-0.15, -0.1) is 0 Å². The molecule has 0 N–H and O–H groups in total. The van der Waals surface area contributed by atoms with E-state index in [1.165, 1.54) is 14.2 Å². The molecule has 0 atom stereocenters. The molecular weight excluding hydrogens is 268 g/mol. The maximum Gasteiger partial charge on any atom is 0.236 e. The molecule has 0 unspecified atom stereocenters. The van der Waals surface area contributed by atoms with Crippen molar-refractivity contribution in [3.63, 3.8) is 0 Å². The molecule has 108 valence electrons. The molecule has 1 aromatic carbocycles. The molecule has 2 rings (SSSR count). The van der Waals surface area contributed by atoms with Gasteiger partial charge < -0.3 is 14.4 Å². The van der Waals surface area contributed by atoms with E-state index in [1.807, 2.05) is 35.2 Å². The van der Waals surface area contributed by atoms with Crippen LogP contribution in [0.1, 0.15) is 6.42 Å². The molecule has 6 heteroatoms. The largest absolute Gasteiger partial charge is 0.481 e. The fraction of sp³-hybridized carbons (Fsp3) is 0.267. The number of methoxy groups -OCH3 is 2. The maximum atomic E-state index is 8.84. The Hall–Kier alpha value is -2.81. The molecule has 0 saturated carbocycles. The fourth-order valence-electron chi connectivity index (χ4n) is 1.84. The lowest BCUT2D eigenvalue weighted by atomic mass is 10.3. The van der Waals surface area contributed by atoms with Gasteiger partial charge in [0.15, 0.2) is 0 Å². The zero-order valence-corrected chi connectivity index (χ0v) is 12.0. The fourth-order valence-corrected chi connectivity index (χ4v) is 1.84. The number of anilines is 2. The van der Waals surface area contributed by atoms with Gasteiger partial charge in [0.05, 0.1) is 32.8 Å². The van der Waals surface area contributed by atoms with Crippen LogP contribution in [-0.4, -0.2) is 30.7 Å². The summed E-state index contributed by atoms with van der Waals surface area (Å²) >= 11 is 0. The van der Waals surface area contributed by atoms with Crippen molar-refractivity contribution < 1.29 is 9.47 Å². The van der Waals surface area contributed by atoms with E-state index in [-0.39, 0.29) is 0 Å². The van der Waals surface area contributed by atoms with Crippen molar-refractivity contribution in [3.05, 3.63) is 36.4 Å². The Bertz CT molecular complexity index is 603. The zero-order valence-electron chi connectivity index (χ0n) is 12.0. The molecule has 21 heavy (non-hydrogen) atoms. The third kappa shape index (κ3) is 3.60. The molecule has 1 aromatic heterocycles. The highest BCUT2D eigenvalue weighted by Gasteiger charge is 2.15. The summed E-state index contributed by atoms with van der Waals surface area (Å²) in [5.41, 5.74) is 0.906. The van der Waals surface area contributed by atoms with E-state index in [9.17, 15) is 0 Å². The first-order valence-electron chi connectivity index (χ1n) is 6.45. The normalized spacial score (nSPS) is 9.76. The van der Waals surface area contributed by atoms with Crippen LogP contribution in [0.4, 0.5) is 11.6 Å². The zero-order chi connectivity index (χ0) is 15.1. The highest BCUT2D eigenvalue weighted by atomic mass is 16.5. The second-order valence-corrected chi connectivity index (χ2v) is 4.15. The van der Waals surface area contributed by atoms with Crippen LogP contribution in [0.15, 0.2) is 36.4 Å². The Morgan fingerprint density at radius 2 is 1.71 bits per heavy atom. The third-order valence-electron chi connectivity index (χ3n) is 2.84. The standard InChI is InChI=1S/C15H16N4O2/c1-20-13-11-14(21-2)18-15(17-13)19(10-6-9-16)12-7-4-3-5-8-12/h3-5,7-8,11H,6,10H2,1-2H3. The average Bonchev–Trinajstić information content (AvgIpc) is 2.55. The van der Waals surface area contributed by atoms with Crippen molar-refractivity contribution in [1.82, 2.24) is 9.97 Å². The third-order valence-corrected chi connectivity index (χ3v) is 2.84. The number of benzene rings is 1. The summed E-state index contributed by atoms with van der Waals surface area (Å²) in [6.45, 7) is 0.483. The lowest BCUT2D eigenvalue weighted by molar-refractivity contribution is 0.372. The van der Waals surface area contributed by atoms with Crippen LogP contribution in [0.2, 0.25) is 0 Å². The average molecular weight is 284 g/mol. The molecule has 0 saturated heterocycles. The minimum atomic E-state index is 0.359. The Kier molecular flexibility index (Phi) is 4.94. The second kappa shape index (κ2) is 7.10. The van der Waals surface area contributed by atoms with Crippen LogP contribution in [0.5, 0.6) is 11.8 Å². The molecule has 0 aliphatic rings. The monoisotopic (exact) mass is 284 g/mol. The number of nitriles is 1. The van der Waals surface area contributed by atoms with Crippen molar-refractivity contribution >= 4 is 11.6 Å². The van der Waals surface area contributed by atoms with Gasteiger partial charge in [-0.25, -0.2) is 0 Å². The van der Waals surface area contributed by atoms with Gasteiger partial charge in [0.2, 0.25) is 17.7 Å². The summed E-state index contributed by atoms with van der Waals surface area (Å²) in [4.78, 5) is 10.5. The molecule has 0 radical (unpaired) electrons. The van der Waals surface area contributed by atoms with Gasteiger partial charge in [-0.2, -0.15) is 15.2 Å². The number of rotatable bonds is 6. The Morgan fingerprint density at radius 3 is 2.24 bits per heavy atom. The molecular formula is C15H16N4O2. The SMILES string of the molecule is COc1cc(OC)nc(N(CCC#N)c2ccccc2)n1. The summed E-state index contributed by atoms with van der Waals surface area (Å²) < 4.78 is 10.3. The summed E-state index contributed by atoms with van der Waals surface area (Å²) in [6, 6.07) is 13.4. The van der Waals surface area contributed by atoms with Gasteiger partial charge >= 0.3 is 0 Å². The van der Waals surface area contributed by atoms with Gasteiger partial charge in [0.1, 0.15) is 0 Å². The van der Waals surface area contributed by atoms with E-state index in [0.29, 0.717) is 30.7 Å². The molecule has 6 nitrogen and oxygen atoms in total. The minimum Gasteiger partial charge on any atom is -0.481 e. The topological polar surface area (TPSA) is 71.3 Å². The first kappa shape index (κ1) is 14.6. The smallest absolute Gasteiger partial charge is 0.236 e. The van der Waals surface area contributed by atoms with E-state index in [4.69, 9.17) is 14.7 Å². The molecule has 1 heterocycles. The molecule has 2 aromatic rings. The summed E-state index contributed by atoms with van der Waals surface area (Å²) in [5.74, 6) is 1.26. The van der Waals surface area contributed by atoms with Crippen LogP contribution < -0.4 is 14.4 Å². The maximum absolute atomic E-state index is 8.84. The quantitative estimate of drug-likeness (QED) is 0.811. The van der Waals surface area contributed by atoms with E-state index in [2.05, 4.69) is 16.0 Å². The number of para-hydroxylation sites is 1. The summed E-state index contributed by atoms with van der Waals surface area (Å²) in [6.07, 6.45) is 0.359. The van der Waals surface area contributed by atoms with Gasteiger partial charge in [-0.3, -0.25) is 0 Å². The van der Waals surface area contributed by atoms with Crippen molar-refractivity contribution in [1.29, 1.82) is 5.26 Å². The molecule has 0 aliphatic heterocycles. The molecule has 0 fully saturated rings. The Morgan fingerprint density at radius 1 is 1.10 bits per heavy atom. The van der Waals surface area contributed by atoms with Crippen molar-refractivity contribution in [2.24, 2.45) is 0 Å². The second-order valence-electron chi connectivity index (χ2n) is 4.15. The predicted octanol–water partition coefficient (Wildman–Crippen LogP) is 2.55. The van der Waals surface area contributed by atoms with Crippen LogP contribution in [0, 0.1) is 11.3 Å². The number of hydrogen-bond donors (Lipinski definition) is 0. The van der Waals surface area contributed by atoms with E-state index < -0.39 is 0 Å². The van der Waals surface area contributed by atoms with Crippen molar-refractivity contribution in [2.45, 2.75) is 6.42 Å². The number of hydrogen-bond acceptors (Lipinski definition) is 6. The van der Waals surface area contributed by atoms with E-state index in [0.717, 1.165) is 5.69 Å². The summed E-state index contributed by atoms with van der Waals surface area (Å²) in [5, 5.41) is 8.84. The molecule has 0 aliphatic carbocycles. The number of aromatic nitrogens is 2. The lowest BCUT2D eigenvalue weighted by Gasteiger charge is -2.22. The highest BCUT2D eigenvalue weighted by molar-refractivity contribution is 5.57. The van der Waals surface area contributed by atoms with Crippen LogP contribution in [0.25, 0.3) is 0 Å². The van der Waals surface area contributed by atoms with Crippen LogP contribution in [-0.2, 0) is 0 Å². The Labute approximate surface area is 123 Å². The highest BCUT2D eigenvalue weighted by Crippen LogP contribution is 2.26. The predicted molar refractivity (Wildman–Crippen MR) is 78.8 cm³/mol. The molecule has 0 bridgehead atoms. The minimum absolute atomic E-state index is 0.359. The number of nitrogens with zero attached hydrogens (tertiary/aromatic N) is 4. The molecule has 0 amide bonds. The van der Waals surface area contributed by atoms with Gasteiger partial charge in [-0.05, 0) is 12.1 Å². The van der Waals surface area contributed by atoms with E-state index >= 15 is 0 Å². The lowest BCUT2D eigenvalue weighted by Crippen LogP contribution is -2.21. The first-order valence-corrected chi connectivity index (χ1v) is 6.45. The van der Waals surface area contributed by atoms with Crippen LogP contribution >= 0.6 is 0 Å². The van der Waals surface area contributed by atoms with Crippen molar-refractivity contribution in [2.75, 3.05) is 25.7 Å². The molecule has 0 spiro atoms. The van der Waals surface area contributed by atoms with Gasteiger partial charge in [0, 0.05) is 12.2 Å². The Balaban J connectivity index is 2.43. The van der Waals surface area contributed by atoms with Gasteiger partial charge in [0.25, 0.3) is 0 Å². The van der Waals surface area contributed by atoms with Gasteiger partial charge in [-0.1, -0.05) is 18.2 Å². The number of ether oxygens (including phenoxy) is 2.